The van der Waals surface area contributed by atoms with E-state index in [1.54, 1.807) is 12.4 Å². The maximum absolute atomic E-state index is 5.83. The maximum Gasteiger partial charge on any atom is 0.317 e. The minimum atomic E-state index is 0.251. The largest absolute Gasteiger partial charge is 0.460 e. The third-order valence-electron chi connectivity index (χ3n) is 7.16. The van der Waals surface area contributed by atoms with Gasteiger partial charge in [0.05, 0.1) is 10.6 Å². The van der Waals surface area contributed by atoms with Gasteiger partial charge in [-0.1, -0.05) is 11.3 Å². The van der Waals surface area contributed by atoms with Gasteiger partial charge < -0.3 is 14.8 Å². The van der Waals surface area contributed by atoms with E-state index in [0.717, 1.165) is 92.9 Å². The Kier molecular flexibility index (Phi) is 7.31. The summed E-state index contributed by atoms with van der Waals surface area (Å²) in [4.78, 5) is 28.4. The molecular weight excluding hydrogens is 476 g/mol. The van der Waals surface area contributed by atoms with Crippen LogP contribution in [-0.4, -0.2) is 86.3 Å². The number of nitrogens with zero attached hydrogens (tertiary/aromatic N) is 7. The molecule has 1 aliphatic carbocycles. The van der Waals surface area contributed by atoms with Gasteiger partial charge in [-0.3, -0.25) is 9.80 Å². The summed E-state index contributed by atoms with van der Waals surface area (Å²) in [5.74, 6) is 0.542. The van der Waals surface area contributed by atoms with Crippen molar-refractivity contribution in [2.45, 2.75) is 50.8 Å². The Balaban J connectivity index is 1.00. The lowest BCUT2D eigenvalue weighted by Crippen LogP contribution is -2.51. The maximum atomic E-state index is 5.83. The molecular formula is C25H32N8O2S. The van der Waals surface area contributed by atoms with Crippen molar-refractivity contribution >= 4 is 22.4 Å². The van der Waals surface area contributed by atoms with Crippen LogP contribution < -0.4 is 10.1 Å². The highest BCUT2D eigenvalue weighted by atomic mass is 32.1. The van der Waals surface area contributed by atoms with Crippen LogP contribution in [0, 0.1) is 0 Å². The monoisotopic (exact) mass is 508 g/mol. The first kappa shape index (κ1) is 23.7. The summed E-state index contributed by atoms with van der Waals surface area (Å²) in [6.07, 6.45) is 13.3. The van der Waals surface area contributed by atoms with Crippen molar-refractivity contribution < 1.29 is 9.47 Å². The van der Waals surface area contributed by atoms with Crippen LogP contribution in [0.1, 0.15) is 37.7 Å². The fourth-order valence-corrected chi connectivity index (χ4v) is 5.59. The SMILES string of the molecule is c1cc(-c2cnc(Nc3ncc(CN4CCN(C5CCOCC5)CC4)cn3)s2)nc(OC2CCC2)n1. The Morgan fingerprint density at radius 1 is 0.972 bits per heavy atom. The molecule has 0 unspecified atom stereocenters. The van der Waals surface area contributed by atoms with E-state index in [1.807, 2.05) is 18.5 Å². The first-order valence-corrected chi connectivity index (χ1v) is 13.7. The van der Waals surface area contributed by atoms with Crippen molar-refractivity contribution in [2.75, 3.05) is 44.7 Å². The van der Waals surface area contributed by atoms with Gasteiger partial charge >= 0.3 is 6.01 Å². The zero-order chi connectivity index (χ0) is 24.2. The number of hydrogen-bond acceptors (Lipinski definition) is 11. The Labute approximate surface area is 215 Å². The Bertz CT molecular complexity index is 1130. The fraction of sp³-hybridized carbons (Fsp3) is 0.560. The molecule has 10 nitrogen and oxygen atoms in total. The van der Waals surface area contributed by atoms with E-state index in [9.17, 15) is 0 Å². The van der Waals surface area contributed by atoms with Gasteiger partial charge in [-0.05, 0) is 38.2 Å². The summed E-state index contributed by atoms with van der Waals surface area (Å²) >= 11 is 1.50. The highest BCUT2D eigenvalue weighted by Gasteiger charge is 2.25. The molecule has 6 rings (SSSR count). The Morgan fingerprint density at radius 2 is 1.78 bits per heavy atom. The van der Waals surface area contributed by atoms with Crippen LogP contribution in [0.25, 0.3) is 10.6 Å². The fourth-order valence-electron chi connectivity index (χ4n) is 4.81. The second kappa shape index (κ2) is 11.1. The molecule has 0 bridgehead atoms. The molecule has 36 heavy (non-hydrogen) atoms. The van der Waals surface area contributed by atoms with E-state index in [4.69, 9.17) is 9.47 Å². The van der Waals surface area contributed by atoms with Gasteiger partial charge in [-0.2, -0.15) is 4.98 Å². The van der Waals surface area contributed by atoms with Crippen molar-refractivity contribution in [1.29, 1.82) is 0 Å². The quantitative estimate of drug-likeness (QED) is 0.487. The van der Waals surface area contributed by atoms with E-state index in [-0.39, 0.29) is 6.10 Å². The van der Waals surface area contributed by atoms with Gasteiger partial charge in [0.2, 0.25) is 5.95 Å². The second-order valence-electron chi connectivity index (χ2n) is 9.62. The number of anilines is 2. The third kappa shape index (κ3) is 5.80. The lowest BCUT2D eigenvalue weighted by atomic mass is 9.96. The molecule has 3 aromatic rings. The molecule has 0 atom stereocenters. The lowest BCUT2D eigenvalue weighted by molar-refractivity contribution is 0.0126. The standard InChI is InChI=1S/C25H32N8O2S/c1-2-20(3-1)35-24-26-7-4-21(30-24)22-16-29-25(36-22)31-23-27-14-18(15-28-23)17-32-8-10-33(11-9-32)19-5-12-34-13-6-19/h4,7,14-16,19-20H,1-3,5-6,8-13,17H2,(H,27,28,29,31). The Morgan fingerprint density at radius 3 is 2.53 bits per heavy atom. The highest BCUT2D eigenvalue weighted by Crippen LogP contribution is 2.30. The summed E-state index contributed by atoms with van der Waals surface area (Å²) in [5.41, 5.74) is 1.93. The van der Waals surface area contributed by atoms with Gasteiger partial charge in [0.25, 0.3) is 0 Å². The molecule has 0 radical (unpaired) electrons. The van der Waals surface area contributed by atoms with E-state index < -0.39 is 0 Å². The van der Waals surface area contributed by atoms with E-state index >= 15 is 0 Å². The number of hydrogen-bond donors (Lipinski definition) is 1. The van der Waals surface area contributed by atoms with Crippen LogP contribution in [-0.2, 0) is 11.3 Å². The van der Waals surface area contributed by atoms with Gasteiger partial charge in [0, 0.05) is 82.3 Å². The number of ether oxygens (including phenoxy) is 2. The van der Waals surface area contributed by atoms with Gasteiger partial charge in [0.15, 0.2) is 5.13 Å². The minimum Gasteiger partial charge on any atom is -0.460 e. The van der Waals surface area contributed by atoms with Gasteiger partial charge in [0.1, 0.15) is 6.10 Å². The minimum absolute atomic E-state index is 0.251. The molecule has 3 aliphatic rings. The molecule has 0 amide bonds. The molecule has 2 aliphatic heterocycles. The van der Waals surface area contributed by atoms with Crippen molar-refractivity contribution in [3.63, 3.8) is 0 Å². The van der Waals surface area contributed by atoms with Crippen LogP contribution in [0.5, 0.6) is 6.01 Å². The van der Waals surface area contributed by atoms with Crippen molar-refractivity contribution in [3.8, 4) is 16.6 Å². The number of aromatic nitrogens is 5. The molecule has 3 fully saturated rings. The zero-order valence-corrected chi connectivity index (χ0v) is 21.2. The lowest BCUT2D eigenvalue weighted by Gasteiger charge is -2.40. The highest BCUT2D eigenvalue weighted by molar-refractivity contribution is 7.18. The topological polar surface area (TPSA) is 101 Å². The second-order valence-corrected chi connectivity index (χ2v) is 10.7. The predicted octanol–water partition coefficient (Wildman–Crippen LogP) is 3.36. The summed E-state index contributed by atoms with van der Waals surface area (Å²) < 4.78 is 11.3. The molecule has 0 aromatic carbocycles. The zero-order valence-electron chi connectivity index (χ0n) is 20.4. The van der Waals surface area contributed by atoms with E-state index in [1.165, 1.54) is 17.8 Å². The molecule has 1 saturated carbocycles. The molecule has 3 aromatic heterocycles. The average Bonchev–Trinajstić information content (AvgIpc) is 3.37. The molecule has 11 heteroatoms. The molecule has 2 saturated heterocycles. The number of rotatable bonds is 8. The number of piperazine rings is 1. The molecule has 5 heterocycles. The first-order chi connectivity index (χ1) is 17.8. The number of nitrogens with one attached hydrogen (secondary N) is 1. The summed E-state index contributed by atoms with van der Waals surface area (Å²) in [5, 5.41) is 3.94. The third-order valence-corrected chi connectivity index (χ3v) is 8.10. The van der Waals surface area contributed by atoms with Gasteiger partial charge in [-0.25, -0.2) is 19.9 Å². The smallest absolute Gasteiger partial charge is 0.317 e. The van der Waals surface area contributed by atoms with Crippen LogP contribution in [0.2, 0.25) is 0 Å². The predicted molar refractivity (Wildman–Crippen MR) is 137 cm³/mol. The summed E-state index contributed by atoms with van der Waals surface area (Å²) in [7, 11) is 0. The van der Waals surface area contributed by atoms with Crippen molar-refractivity contribution in [1.82, 2.24) is 34.7 Å². The number of thiazole rings is 1. The normalized spacial score (nSPS) is 20.2. The van der Waals surface area contributed by atoms with Crippen molar-refractivity contribution in [2.24, 2.45) is 0 Å². The van der Waals surface area contributed by atoms with E-state index in [0.29, 0.717) is 18.0 Å². The molecule has 1 N–H and O–H groups in total. The molecule has 0 spiro atoms. The van der Waals surface area contributed by atoms with Crippen LogP contribution in [0.15, 0.2) is 30.9 Å². The van der Waals surface area contributed by atoms with Crippen LogP contribution >= 0.6 is 11.3 Å². The first-order valence-electron chi connectivity index (χ1n) is 12.9. The Hall–Kier alpha value is -2.73. The van der Waals surface area contributed by atoms with E-state index in [2.05, 4.69) is 40.0 Å². The summed E-state index contributed by atoms with van der Waals surface area (Å²) in [6.45, 7) is 7.09. The van der Waals surface area contributed by atoms with Crippen LogP contribution in [0.3, 0.4) is 0 Å². The molecule has 190 valence electrons. The van der Waals surface area contributed by atoms with Gasteiger partial charge in [-0.15, -0.1) is 0 Å². The summed E-state index contributed by atoms with van der Waals surface area (Å²) in [6, 6.07) is 3.00. The van der Waals surface area contributed by atoms with Crippen LogP contribution in [0.4, 0.5) is 11.1 Å². The van der Waals surface area contributed by atoms with Crippen molar-refractivity contribution in [3.05, 3.63) is 36.4 Å². The average molecular weight is 509 g/mol.